The van der Waals surface area contributed by atoms with E-state index in [4.69, 9.17) is 0 Å². The highest BCUT2D eigenvalue weighted by atomic mass is 19.1. The first-order valence-electron chi connectivity index (χ1n) is 9.34. The van der Waals surface area contributed by atoms with E-state index in [-0.39, 0.29) is 17.4 Å². The Labute approximate surface area is 160 Å². The third-order valence-corrected chi connectivity index (χ3v) is 4.55. The quantitative estimate of drug-likeness (QED) is 0.784. The largest absolute Gasteiger partial charge is 0.355 e. The fraction of sp³-hybridized carbons (Fsp3) is 0.364. The number of benzene rings is 2. The van der Waals surface area contributed by atoms with Crippen LogP contribution in [0, 0.1) is 12.7 Å². The van der Waals surface area contributed by atoms with Gasteiger partial charge in [-0.25, -0.2) is 4.39 Å². The van der Waals surface area contributed by atoms with Gasteiger partial charge in [0.15, 0.2) is 0 Å². The summed E-state index contributed by atoms with van der Waals surface area (Å²) in [6.07, 6.45) is 1.82. The molecule has 0 aliphatic carbocycles. The Morgan fingerprint density at radius 3 is 2.11 bits per heavy atom. The SMILES string of the molecule is CCCN(CCC)C(=O)c1ccc(-c2cc(C(=O)NC)cc(F)c2C)cc1. The number of carbonyl (C=O) groups excluding carboxylic acids is 2. The predicted octanol–water partition coefficient (Wildman–Crippen LogP) is 4.42. The summed E-state index contributed by atoms with van der Waals surface area (Å²) in [5.41, 5.74) is 2.77. The maximum Gasteiger partial charge on any atom is 0.253 e. The summed E-state index contributed by atoms with van der Waals surface area (Å²) < 4.78 is 14.3. The third-order valence-electron chi connectivity index (χ3n) is 4.55. The van der Waals surface area contributed by atoms with Crippen molar-refractivity contribution in [3.63, 3.8) is 0 Å². The Bertz CT molecular complexity index is 810. The second-order valence-corrected chi connectivity index (χ2v) is 6.58. The number of carbonyl (C=O) groups is 2. The van der Waals surface area contributed by atoms with Gasteiger partial charge in [0, 0.05) is 31.3 Å². The molecule has 2 amide bonds. The van der Waals surface area contributed by atoms with Gasteiger partial charge in [0.2, 0.25) is 0 Å². The molecule has 0 atom stereocenters. The lowest BCUT2D eigenvalue weighted by Crippen LogP contribution is -2.32. The van der Waals surface area contributed by atoms with E-state index in [2.05, 4.69) is 19.2 Å². The van der Waals surface area contributed by atoms with Crippen LogP contribution in [0.3, 0.4) is 0 Å². The Kier molecular flexibility index (Phi) is 7.11. The molecule has 0 spiro atoms. The number of nitrogens with one attached hydrogen (secondary N) is 1. The normalized spacial score (nSPS) is 10.6. The predicted molar refractivity (Wildman–Crippen MR) is 106 cm³/mol. The highest BCUT2D eigenvalue weighted by molar-refractivity contribution is 5.96. The van der Waals surface area contributed by atoms with E-state index in [0.717, 1.165) is 31.5 Å². The maximum absolute atomic E-state index is 14.3. The molecule has 0 aliphatic heterocycles. The number of nitrogens with zero attached hydrogens (tertiary/aromatic N) is 1. The molecule has 2 rings (SSSR count). The summed E-state index contributed by atoms with van der Waals surface area (Å²) in [6, 6.07) is 10.1. The molecule has 0 aromatic heterocycles. The molecule has 5 heteroatoms. The van der Waals surface area contributed by atoms with E-state index in [1.807, 2.05) is 4.90 Å². The average molecular weight is 370 g/mol. The summed E-state index contributed by atoms with van der Waals surface area (Å²) in [5, 5.41) is 2.51. The molecule has 0 bridgehead atoms. The minimum atomic E-state index is -0.427. The smallest absolute Gasteiger partial charge is 0.253 e. The van der Waals surface area contributed by atoms with Gasteiger partial charge in [-0.05, 0) is 60.7 Å². The molecule has 0 unspecified atom stereocenters. The molecule has 4 nitrogen and oxygen atoms in total. The Balaban J connectivity index is 2.36. The summed E-state index contributed by atoms with van der Waals surface area (Å²) in [7, 11) is 1.51. The van der Waals surface area contributed by atoms with Crippen LogP contribution in [-0.2, 0) is 0 Å². The van der Waals surface area contributed by atoms with Crippen molar-refractivity contribution in [1.29, 1.82) is 0 Å². The molecule has 27 heavy (non-hydrogen) atoms. The molecular formula is C22H27FN2O2. The van der Waals surface area contributed by atoms with Gasteiger partial charge in [0.25, 0.3) is 11.8 Å². The van der Waals surface area contributed by atoms with Crippen molar-refractivity contribution >= 4 is 11.8 Å². The first-order chi connectivity index (χ1) is 12.9. The van der Waals surface area contributed by atoms with Gasteiger partial charge in [-0.15, -0.1) is 0 Å². The van der Waals surface area contributed by atoms with Gasteiger partial charge in [-0.3, -0.25) is 9.59 Å². The van der Waals surface area contributed by atoms with Crippen molar-refractivity contribution < 1.29 is 14.0 Å². The zero-order valence-electron chi connectivity index (χ0n) is 16.4. The zero-order chi connectivity index (χ0) is 20.0. The van der Waals surface area contributed by atoms with E-state index in [1.54, 1.807) is 37.3 Å². The Hall–Kier alpha value is -2.69. The average Bonchev–Trinajstić information content (AvgIpc) is 2.68. The van der Waals surface area contributed by atoms with Crippen LogP contribution in [-0.4, -0.2) is 36.9 Å². The van der Waals surface area contributed by atoms with Crippen LogP contribution in [0.15, 0.2) is 36.4 Å². The van der Waals surface area contributed by atoms with Gasteiger partial charge in [-0.1, -0.05) is 26.0 Å². The summed E-state index contributed by atoms with van der Waals surface area (Å²) in [5.74, 6) is -0.757. The highest BCUT2D eigenvalue weighted by Crippen LogP contribution is 2.27. The Morgan fingerprint density at radius 1 is 1.00 bits per heavy atom. The molecule has 0 radical (unpaired) electrons. The number of hydrogen-bond acceptors (Lipinski definition) is 2. The molecular weight excluding hydrogens is 343 g/mol. The molecule has 1 N–H and O–H groups in total. The van der Waals surface area contributed by atoms with Crippen molar-refractivity contribution in [1.82, 2.24) is 10.2 Å². The standard InChI is InChI=1S/C22H27FN2O2/c1-5-11-25(12-6-2)22(27)17-9-7-16(8-10-17)19-13-18(21(26)24-4)14-20(23)15(19)3/h7-10,13-14H,5-6,11-12H2,1-4H3,(H,24,26). The van der Waals surface area contributed by atoms with Gasteiger partial charge in [-0.2, -0.15) is 0 Å². The first kappa shape index (κ1) is 20.6. The van der Waals surface area contributed by atoms with Gasteiger partial charge in [0.1, 0.15) is 5.82 Å². The van der Waals surface area contributed by atoms with Crippen LogP contribution in [0.5, 0.6) is 0 Å². The lowest BCUT2D eigenvalue weighted by atomic mass is 9.96. The minimum absolute atomic E-state index is 0.00673. The fourth-order valence-electron chi connectivity index (χ4n) is 3.08. The number of amides is 2. The van der Waals surface area contributed by atoms with Crippen molar-refractivity contribution in [3.8, 4) is 11.1 Å². The number of hydrogen-bond donors (Lipinski definition) is 1. The van der Waals surface area contributed by atoms with Crippen LogP contribution < -0.4 is 5.32 Å². The number of rotatable bonds is 7. The first-order valence-corrected chi connectivity index (χ1v) is 9.34. The van der Waals surface area contributed by atoms with Crippen molar-refractivity contribution in [2.45, 2.75) is 33.6 Å². The molecule has 144 valence electrons. The second-order valence-electron chi connectivity index (χ2n) is 6.58. The van der Waals surface area contributed by atoms with Crippen LogP contribution in [0.25, 0.3) is 11.1 Å². The molecule has 0 saturated heterocycles. The fourth-order valence-corrected chi connectivity index (χ4v) is 3.08. The topological polar surface area (TPSA) is 49.4 Å². The van der Waals surface area contributed by atoms with Crippen LogP contribution in [0.2, 0.25) is 0 Å². The van der Waals surface area contributed by atoms with Gasteiger partial charge < -0.3 is 10.2 Å². The van der Waals surface area contributed by atoms with E-state index < -0.39 is 5.82 Å². The molecule has 2 aromatic carbocycles. The third kappa shape index (κ3) is 4.73. The molecule has 0 heterocycles. The molecule has 0 saturated carbocycles. The highest BCUT2D eigenvalue weighted by Gasteiger charge is 2.16. The summed E-state index contributed by atoms with van der Waals surface area (Å²) in [4.78, 5) is 26.4. The van der Waals surface area contributed by atoms with E-state index in [9.17, 15) is 14.0 Å². The van der Waals surface area contributed by atoms with E-state index in [0.29, 0.717) is 16.7 Å². The van der Waals surface area contributed by atoms with Crippen molar-refractivity contribution in [2.24, 2.45) is 0 Å². The van der Waals surface area contributed by atoms with Crippen molar-refractivity contribution in [2.75, 3.05) is 20.1 Å². The van der Waals surface area contributed by atoms with Crippen LogP contribution in [0.4, 0.5) is 4.39 Å². The molecule has 0 aliphatic rings. The van der Waals surface area contributed by atoms with Crippen molar-refractivity contribution in [3.05, 3.63) is 58.9 Å². The summed E-state index contributed by atoms with van der Waals surface area (Å²) >= 11 is 0. The second kappa shape index (κ2) is 9.31. The lowest BCUT2D eigenvalue weighted by Gasteiger charge is -2.21. The number of halogens is 1. The van der Waals surface area contributed by atoms with Crippen LogP contribution in [0.1, 0.15) is 53.0 Å². The van der Waals surface area contributed by atoms with Gasteiger partial charge >= 0.3 is 0 Å². The summed E-state index contributed by atoms with van der Waals surface area (Å²) in [6.45, 7) is 7.24. The molecule has 2 aromatic rings. The zero-order valence-corrected chi connectivity index (χ0v) is 16.4. The lowest BCUT2D eigenvalue weighted by molar-refractivity contribution is 0.0755. The Morgan fingerprint density at radius 2 is 1.59 bits per heavy atom. The minimum Gasteiger partial charge on any atom is -0.355 e. The van der Waals surface area contributed by atoms with E-state index >= 15 is 0 Å². The molecule has 0 fully saturated rings. The van der Waals surface area contributed by atoms with Gasteiger partial charge in [0.05, 0.1) is 0 Å². The van der Waals surface area contributed by atoms with E-state index in [1.165, 1.54) is 13.1 Å². The monoisotopic (exact) mass is 370 g/mol. The van der Waals surface area contributed by atoms with Crippen LogP contribution >= 0.6 is 0 Å². The maximum atomic E-state index is 14.3.